The molecule has 1 aromatic heterocycles. The van der Waals surface area contributed by atoms with Crippen LogP contribution in [-0.4, -0.2) is 22.3 Å². The molecule has 0 saturated carbocycles. The number of hydrogen-bond acceptors (Lipinski definition) is 4. The second-order valence-electron chi connectivity index (χ2n) is 2.82. The molecular weight excluding hydrogens is 182 g/mol. The fourth-order valence-corrected chi connectivity index (χ4v) is 1.14. The molecule has 0 radical (unpaired) electrons. The van der Waals surface area contributed by atoms with Crippen molar-refractivity contribution in [1.29, 1.82) is 0 Å². The lowest BCUT2D eigenvalue weighted by molar-refractivity contribution is 0.900. The van der Waals surface area contributed by atoms with Crippen LogP contribution in [0.4, 0.5) is 5.95 Å². The van der Waals surface area contributed by atoms with E-state index in [0.29, 0.717) is 5.95 Å². The lowest BCUT2D eigenvalue weighted by Crippen LogP contribution is -2.06. The molecule has 1 heterocycles. The third-order valence-electron chi connectivity index (χ3n) is 1.64. The Labute approximate surface area is 84.4 Å². The highest BCUT2D eigenvalue weighted by Gasteiger charge is 1.95. The first kappa shape index (κ1) is 10.3. The van der Waals surface area contributed by atoms with Crippen molar-refractivity contribution in [3.8, 4) is 0 Å². The van der Waals surface area contributed by atoms with Gasteiger partial charge in [0.15, 0.2) is 0 Å². The van der Waals surface area contributed by atoms with Gasteiger partial charge in [0, 0.05) is 24.7 Å². The van der Waals surface area contributed by atoms with Gasteiger partial charge in [0.2, 0.25) is 5.95 Å². The second-order valence-corrected chi connectivity index (χ2v) is 3.26. The molecular formula is C9H15N3S. The SMILES string of the molecule is CCCc1cnc(NCCS)nc1. The number of aromatic nitrogens is 2. The van der Waals surface area contributed by atoms with E-state index < -0.39 is 0 Å². The highest BCUT2D eigenvalue weighted by atomic mass is 32.1. The lowest BCUT2D eigenvalue weighted by Gasteiger charge is -2.02. The standard InChI is InChI=1S/C9H15N3S/c1-2-3-8-6-11-9(12-7-8)10-4-5-13/h6-7,13H,2-5H2,1H3,(H,10,11,12). The summed E-state index contributed by atoms with van der Waals surface area (Å²) in [4.78, 5) is 8.36. The van der Waals surface area contributed by atoms with Crippen molar-refractivity contribution in [3.63, 3.8) is 0 Å². The number of thiol groups is 1. The Bertz CT molecular complexity index is 235. The maximum atomic E-state index is 4.18. The number of anilines is 1. The van der Waals surface area contributed by atoms with E-state index in [1.54, 1.807) is 0 Å². The molecule has 1 N–H and O–H groups in total. The van der Waals surface area contributed by atoms with Gasteiger partial charge >= 0.3 is 0 Å². The summed E-state index contributed by atoms with van der Waals surface area (Å²) in [5.41, 5.74) is 1.19. The van der Waals surface area contributed by atoms with Gasteiger partial charge in [0.25, 0.3) is 0 Å². The average Bonchev–Trinajstić information content (AvgIpc) is 2.17. The van der Waals surface area contributed by atoms with E-state index in [1.807, 2.05) is 12.4 Å². The maximum absolute atomic E-state index is 4.18. The van der Waals surface area contributed by atoms with E-state index >= 15 is 0 Å². The molecule has 4 heteroatoms. The van der Waals surface area contributed by atoms with Crippen LogP contribution in [0.2, 0.25) is 0 Å². The highest BCUT2D eigenvalue weighted by Crippen LogP contribution is 2.02. The number of aryl methyl sites for hydroxylation is 1. The van der Waals surface area contributed by atoms with E-state index in [2.05, 4.69) is 34.8 Å². The van der Waals surface area contributed by atoms with Gasteiger partial charge in [-0.2, -0.15) is 12.6 Å². The zero-order chi connectivity index (χ0) is 9.52. The van der Waals surface area contributed by atoms with Crippen molar-refractivity contribution in [2.45, 2.75) is 19.8 Å². The summed E-state index contributed by atoms with van der Waals surface area (Å²) in [6, 6.07) is 0. The molecule has 0 fully saturated rings. The van der Waals surface area contributed by atoms with Crippen LogP contribution in [0.1, 0.15) is 18.9 Å². The maximum Gasteiger partial charge on any atom is 0.222 e. The fourth-order valence-electron chi connectivity index (χ4n) is 1.03. The molecule has 0 atom stereocenters. The topological polar surface area (TPSA) is 37.8 Å². The zero-order valence-electron chi connectivity index (χ0n) is 7.82. The third kappa shape index (κ3) is 3.63. The minimum Gasteiger partial charge on any atom is -0.353 e. The normalized spacial score (nSPS) is 10.0. The van der Waals surface area contributed by atoms with Crippen LogP contribution in [0.5, 0.6) is 0 Å². The summed E-state index contributed by atoms with van der Waals surface area (Å²) in [5.74, 6) is 1.48. The van der Waals surface area contributed by atoms with Crippen LogP contribution in [0.15, 0.2) is 12.4 Å². The molecule has 0 aromatic carbocycles. The molecule has 0 saturated heterocycles. The average molecular weight is 197 g/mol. The van der Waals surface area contributed by atoms with Crippen LogP contribution in [0.3, 0.4) is 0 Å². The fraction of sp³-hybridized carbons (Fsp3) is 0.556. The number of hydrogen-bond donors (Lipinski definition) is 2. The molecule has 72 valence electrons. The third-order valence-corrected chi connectivity index (χ3v) is 1.86. The highest BCUT2D eigenvalue weighted by molar-refractivity contribution is 7.80. The molecule has 0 unspecified atom stereocenters. The van der Waals surface area contributed by atoms with Crippen LogP contribution in [-0.2, 0) is 6.42 Å². The molecule has 0 amide bonds. The number of rotatable bonds is 5. The Kier molecular flexibility index (Phi) is 4.60. The summed E-state index contributed by atoms with van der Waals surface area (Å²) < 4.78 is 0. The molecule has 0 aliphatic rings. The first-order valence-corrected chi connectivity index (χ1v) is 5.15. The Morgan fingerprint density at radius 2 is 2.08 bits per heavy atom. The predicted molar refractivity (Wildman–Crippen MR) is 58.4 cm³/mol. The van der Waals surface area contributed by atoms with Crippen molar-refractivity contribution in [3.05, 3.63) is 18.0 Å². The van der Waals surface area contributed by atoms with Gasteiger partial charge in [-0.3, -0.25) is 0 Å². The van der Waals surface area contributed by atoms with Crippen molar-refractivity contribution in [2.24, 2.45) is 0 Å². The largest absolute Gasteiger partial charge is 0.353 e. The lowest BCUT2D eigenvalue weighted by atomic mass is 10.2. The van der Waals surface area contributed by atoms with Gasteiger partial charge < -0.3 is 5.32 Å². The van der Waals surface area contributed by atoms with Crippen molar-refractivity contribution in [2.75, 3.05) is 17.6 Å². The monoisotopic (exact) mass is 197 g/mol. The zero-order valence-corrected chi connectivity index (χ0v) is 8.72. The van der Waals surface area contributed by atoms with Crippen LogP contribution < -0.4 is 5.32 Å². The van der Waals surface area contributed by atoms with Crippen molar-refractivity contribution >= 4 is 18.6 Å². The minimum absolute atomic E-state index is 0.689. The first-order valence-electron chi connectivity index (χ1n) is 4.52. The summed E-state index contributed by atoms with van der Waals surface area (Å²) in [5, 5.41) is 3.07. The van der Waals surface area contributed by atoms with Gasteiger partial charge in [-0.1, -0.05) is 13.3 Å². The molecule has 1 aromatic rings. The second kappa shape index (κ2) is 5.80. The first-order chi connectivity index (χ1) is 6.36. The number of nitrogens with zero attached hydrogens (tertiary/aromatic N) is 2. The molecule has 13 heavy (non-hydrogen) atoms. The van der Waals surface area contributed by atoms with Crippen molar-refractivity contribution < 1.29 is 0 Å². The molecule has 3 nitrogen and oxygen atoms in total. The molecule has 1 rings (SSSR count). The van der Waals surface area contributed by atoms with Gasteiger partial charge in [-0.25, -0.2) is 9.97 Å². The Balaban J connectivity index is 2.48. The van der Waals surface area contributed by atoms with Crippen LogP contribution >= 0.6 is 12.6 Å². The summed E-state index contributed by atoms with van der Waals surface area (Å²) in [6.45, 7) is 2.95. The Morgan fingerprint density at radius 3 is 2.62 bits per heavy atom. The Morgan fingerprint density at radius 1 is 1.38 bits per heavy atom. The van der Waals surface area contributed by atoms with E-state index in [9.17, 15) is 0 Å². The van der Waals surface area contributed by atoms with Gasteiger partial charge in [-0.15, -0.1) is 0 Å². The molecule has 0 aliphatic carbocycles. The quantitative estimate of drug-likeness (QED) is 0.706. The smallest absolute Gasteiger partial charge is 0.222 e. The van der Waals surface area contributed by atoms with Crippen LogP contribution in [0.25, 0.3) is 0 Å². The number of nitrogens with one attached hydrogen (secondary N) is 1. The molecule has 0 bridgehead atoms. The molecule has 0 aliphatic heterocycles. The minimum atomic E-state index is 0.689. The summed E-state index contributed by atoms with van der Waals surface area (Å²) in [6.07, 6.45) is 5.92. The van der Waals surface area contributed by atoms with E-state index in [4.69, 9.17) is 0 Å². The van der Waals surface area contributed by atoms with E-state index in [1.165, 1.54) is 5.56 Å². The van der Waals surface area contributed by atoms with Gasteiger partial charge in [0.1, 0.15) is 0 Å². The van der Waals surface area contributed by atoms with Crippen LogP contribution in [0, 0.1) is 0 Å². The van der Waals surface area contributed by atoms with Crippen molar-refractivity contribution in [1.82, 2.24) is 9.97 Å². The predicted octanol–water partition coefficient (Wildman–Crippen LogP) is 1.77. The van der Waals surface area contributed by atoms with E-state index in [0.717, 1.165) is 25.1 Å². The molecule has 0 spiro atoms. The Hall–Kier alpha value is -0.770. The van der Waals surface area contributed by atoms with Gasteiger partial charge in [0.05, 0.1) is 0 Å². The van der Waals surface area contributed by atoms with Gasteiger partial charge in [-0.05, 0) is 12.0 Å². The summed E-state index contributed by atoms with van der Waals surface area (Å²) in [7, 11) is 0. The van der Waals surface area contributed by atoms with E-state index in [-0.39, 0.29) is 0 Å². The summed E-state index contributed by atoms with van der Waals surface area (Å²) >= 11 is 4.09.